The Morgan fingerprint density at radius 2 is 1.62 bits per heavy atom. The Bertz CT molecular complexity index is 229. The molecule has 0 amide bonds. The van der Waals surface area contributed by atoms with Crippen LogP contribution < -0.4 is 4.90 Å². The average Bonchev–Trinajstić information content (AvgIpc) is 2.04. The predicted octanol–water partition coefficient (Wildman–Crippen LogP) is 3.30. The summed E-state index contributed by atoms with van der Waals surface area (Å²) in [6, 6.07) is 8.54. The fraction of sp³-hybridized carbons (Fsp3) is 0.455. The van der Waals surface area contributed by atoms with Gasteiger partial charge >= 0.3 is 0 Å². The van der Waals surface area contributed by atoms with E-state index in [2.05, 4.69) is 57.1 Å². The maximum Gasteiger partial charge on any atom is 0.0396 e. The molecule has 0 fully saturated rings. The monoisotopic (exact) mass is 199 g/mol. The van der Waals surface area contributed by atoms with Crippen molar-refractivity contribution >= 4 is 18.1 Å². The van der Waals surface area contributed by atoms with E-state index in [1.54, 1.807) is 0 Å². The molecule has 0 aliphatic rings. The number of halogens is 1. The maximum atomic E-state index is 2.22. The second-order valence-electron chi connectivity index (χ2n) is 3.61. The van der Waals surface area contributed by atoms with Gasteiger partial charge in [0.1, 0.15) is 0 Å². The Kier molecular flexibility index (Phi) is 4.86. The highest BCUT2D eigenvalue weighted by Gasteiger charge is 2.05. The molecule has 13 heavy (non-hydrogen) atoms. The van der Waals surface area contributed by atoms with E-state index >= 15 is 0 Å². The fourth-order valence-electron chi connectivity index (χ4n) is 1.38. The summed E-state index contributed by atoms with van der Waals surface area (Å²) < 4.78 is 0. The normalized spacial score (nSPS) is 9.62. The van der Waals surface area contributed by atoms with Crippen LogP contribution in [0.3, 0.4) is 0 Å². The molecule has 0 aliphatic heterocycles. The highest BCUT2D eigenvalue weighted by Crippen LogP contribution is 2.25. The molecule has 1 nitrogen and oxygen atoms in total. The van der Waals surface area contributed by atoms with Crippen LogP contribution in [0.2, 0.25) is 0 Å². The van der Waals surface area contributed by atoms with Crippen molar-refractivity contribution in [3.63, 3.8) is 0 Å². The Balaban J connectivity index is 0.00000144. The van der Waals surface area contributed by atoms with E-state index < -0.39 is 0 Å². The third-order valence-electron chi connectivity index (χ3n) is 2.04. The minimum atomic E-state index is 0. The van der Waals surface area contributed by atoms with Crippen molar-refractivity contribution in [2.45, 2.75) is 19.8 Å². The van der Waals surface area contributed by atoms with E-state index in [1.165, 1.54) is 11.3 Å². The molecule has 0 aliphatic carbocycles. The number of benzene rings is 1. The van der Waals surface area contributed by atoms with Gasteiger partial charge in [0.25, 0.3) is 0 Å². The predicted molar refractivity (Wildman–Crippen MR) is 62.1 cm³/mol. The molecule has 1 aromatic carbocycles. The standard InChI is InChI=1S/C11H17N.ClH/c1-9(2)10-7-5-6-8-11(10)12(3)4;/h5-9H,1-4H3;1H. The molecule has 1 aromatic rings. The number of para-hydroxylation sites is 1. The van der Waals surface area contributed by atoms with Crippen LogP contribution in [0.4, 0.5) is 5.69 Å². The topological polar surface area (TPSA) is 3.24 Å². The first kappa shape index (κ1) is 12.3. The van der Waals surface area contributed by atoms with Crippen LogP contribution >= 0.6 is 12.4 Å². The van der Waals surface area contributed by atoms with Crippen molar-refractivity contribution in [3.8, 4) is 0 Å². The molecule has 0 radical (unpaired) electrons. The van der Waals surface area contributed by atoms with Crippen LogP contribution in [-0.2, 0) is 0 Å². The van der Waals surface area contributed by atoms with Gasteiger partial charge in [0, 0.05) is 19.8 Å². The summed E-state index contributed by atoms with van der Waals surface area (Å²) in [6.07, 6.45) is 0. The highest BCUT2D eigenvalue weighted by atomic mass is 35.5. The number of hydrogen-bond donors (Lipinski definition) is 0. The van der Waals surface area contributed by atoms with Crippen molar-refractivity contribution in [3.05, 3.63) is 29.8 Å². The number of anilines is 1. The number of nitrogens with zero attached hydrogens (tertiary/aromatic N) is 1. The van der Waals surface area contributed by atoms with Gasteiger partial charge in [0.15, 0.2) is 0 Å². The van der Waals surface area contributed by atoms with Gasteiger partial charge in [-0.05, 0) is 17.5 Å². The summed E-state index contributed by atoms with van der Waals surface area (Å²) in [5, 5.41) is 0. The lowest BCUT2D eigenvalue weighted by Crippen LogP contribution is -2.11. The molecule has 0 atom stereocenters. The van der Waals surface area contributed by atoms with E-state index in [9.17, 15) is 0 Å². The first-order valence-corrected chi connectivity index (χ1v) is 4.39. The lowest BCUT2D eigenvalue weighted by molar-refractivity contribution is 0.858. The quantitative estimate of drug-likeness (QED) is 0.707. The van der Waals surface area contributed by atoms with Crippen molar-refractivity contribution in [2.24, 2.45) is 0 Å². The highest BCUT2D eigenvalue weighted by molar-refractivity contribution is 5.85. The van der Waals surface area contributed by atoms with Crippen molar-refractivity contribution < 1.29 is 0 Å². The van der Waals surface area contributed by atoms with E-state index in [0.29, 0.717) is 5.92 Å². The molecule has 1 rings (SSSR count). The molecule has 0 bridgehead atoms. The van der Waals surface area contributed by atoms with Gasteiger partial charge in [-0.25, -0.2) is 0 Å². The molecule has 0 spiro atoms. The zero-order valence-electron chi connectivity index (χ0n) is 8.74. The summed E-state index contributed by atoms with van der Waals surface area (Å²) in [6.45, 7) is 4.45. The minimum absolute atomic E-state index is 0. The second kappa shape index (κ2) is 5.13. The van der Waals surface area contributed by atoms with E-state index in [-0.39, 0.29) is 12.4 Å². The molecule has 0 unspecified atom stereocenters. The lowest BCUT2D eigenvalue weighted by atomic mass is 10.0. The van der Waals surface area contributed by atoms with Gasteiger partial charge in [-0.3, -0.25) is 0 Å². The van der Waals surface area contributed by atoms with E-state index in [0.717, 1.165) is 0 Å². The van der Waals surface area contributed by atoms with Crippen LogP contribution in [0.5, 0.6) is 0 Å². The van der Waals surface area contributed by atoms with Crippen molar-refractivity contribution in [1.82, 2.24) is 0 Å². The molecule has 74 valence electrons. The van der Waals surface area contributed by atoms with Gasteiger partial charge in [0.05, 0.1) is 0 Å². The van der Waals surface area contributed by atoms with Crippen LogP contribution in [-0.4, -0.2) is 14.1 Å². The largest absolute Gasteiger partial charge is 0.377 e. The Labute approximate surface area is 87.2 Å². The van der Waals surface area contributed by atoms with E-state index in [4.69, 9.17) is 0 Å². The molecule has 0 saturated heterocycles. The summed E-state index contributed by atoms with van der Waals surface area (Å²) in [4.78, 5) is 2.16. The molecule has 0 N–H and O–H groups in total. The average molecular weight is 200 g/mol. The third kappa shape index (κ3) is 2.92. The van der Waals surface area contributed by atoms with Crippen LogP contribution in [0.1, 0.15) is 25.3 Å². The maximum absolute atomic E-state index is 2.22. The van der Waals surface area contributed by atoms with Crippen molar-refractivity contribution in [2.75, 3.05) is 19.0 Å². The summed E-state index contributed by atoms with van der Waals surface area (Å²) >= 11 is 0. The smallest absolute Gasteiger partial charge is 0.0396 e. The minimum Gasteiger partial charge on any atom is -0.377 e. The van der Waals surface area contributed by atoms with Crippen LogP contribution in [0.15, 0.2) is 24.3 Å². The summed E-state index contributed by atoms with van der Waals surface area (Å²) in [7, 11) is 4.17. The Morgan fingerprint density at radius 3 is 2.00 bits per heavy atom. The van der Waals surface area contributed by atoms with E-state index in [1.807, 2.05) is 0 Å². The first-order valence-electron chi connectivity index (χ1n) is 4.39. The molecular weight excluding hydrogens is 182 g/mol. The van der Waals surface area contributed by atoms with Gasteiger partial charge in [0.2, 0.25) is 0 Å². The molecule has 2 heteroatoms. The van der Waals surface area contributed by atoms with Gasteiger partial charge in [-0.1, -0.05) is 32.0 Å². The second-order valence-corrected chi connectivity index (χ2v) is 3.61. The Morgan fingerprint density at radius 1 is 1.08 bits per heavy atom. The zero-order valence-corrected chi connectivity index (χ0v) is 9.56. The lowest BCUT2D eigenvalue weighted by Gasteiger charge is -2.19. The van der Waals surface area contributed by atoms with Gasteiger partial charge in [-0.2, -0.15) is 0 Å². The summed E-state index contributed by atoms with van der Waals surface area (Å²) in [5.74, 6) is 0.601. The number of rotatable bonds is 2. The first-order chi connectivity index (χ1) is 5.63. The Hall–Kier alpha value is -0.690. The molecule has 0 aromatic heterocycles. The van der Waals surface area contributed by atoms with Crippen LogP contribution in [0.25, 0.3) is 0 Å². The van der Waals surface area contributed by atoms with Crippen molar-refractivity contribution in [1.29, 1.82) is 0 Å². The zero-order chi connectivity index (χ0) is 9.14. The van der Waals surface area contributed by atoms with Gasteiger partial charge < -0.3 is 4.90 Å². The van der Waals surface area contributed by atoms with Gasteiger partial charge in [-0.15, -0.1) is 12.4 Å². The SMILES string of the molecule is CC(C)c1ccccc1N(C)C.Cl. The molecular formula is C11H18ClN. The molecule has 0 saturated carbocycles. The fourth-order valence-corrected chi connectivity index (χ4v) is 1.38. The number of hydrogen-bond acceptors (Lipinski definition) is 1. The molecule has 0 heterocycles. The van der Waals surface area contributed by atoms with Crippen LogP contribution in [0, 0.1) is 0 Å². The third-order valence-corrected chi connectivity index (χ3v) is 2.04. The summed E-state index contributed by atoms with van der Waals surface area (Å²) in [5.41, 5.74) is 2.75.